The van der Waals surface area contributed by atoms with Crippen molar-refractivity contribution in [3.63, 3.8) is 0 Å². The van der Waals surface area contributed by atoms with Gasteiger partial charge < -0.3 is 9.84 Å². The average Bonchev–Trinajstić information content (AvgIpc) is 2.62. The molecule has 126 valence electrons. The van der Waals surface area contributed by atoms with Gasteiger partial charge in [-0.3, -0.25) is 9.36 Å². The Morgan fingerprint density at radius 3 is 2.76 bits per heavy atom. The smallest absolute Gasteiger partial charge is 0.261 e. The lowest BCUT2D eigenvalue weighted by molar-refractivity contribution is 0.0915. The lowest BCUT2D eigenvalue weighted by Gasteiger charge is -2.14. The average molecular weight is 356 g/mol. The molecule has 0 spiro atoms. The number of rotatable bonds is 5. The first-order chi connectivity index (χ1) is 12.1. The topological polar surface area (TPSA) is 88.1 Å². The zero-order valence-electron chi connectivity index (χ0n) is 13.1. The Bertz CT molecular complexity index is 993. The van der Waals surface area contributed by atoms with Crippen molar-refractivity contribution in [2.45, 2.75) is 12.6 Å². The number of nitriles is 1. The number of benzene rings is 2. The third-order valence-corrected chi connectivity index (χ3v) is 3.86. The lowest BCUT2D eigenvalue weighted by atomic mass is 10.2. The maximum absolute atomic E-state index is 12.4. The molecule has 1 aromatic heterocycles. The van der Waals surface area contributed by atoms with E-state index >= 15 is 0 Å². The van der Waals surface area contributed by atoms with Gasteiger partial charge in [0.05, 0.1) is 35.4 Å². The summed E-state index contributed by atoms with van der Waals surface area (Å²) in [6.07, 6.45) is 0.492. The van der Waals surface area contributed by atoms with E-state index in [1.54, 1.807) is 42.5 Å². The number of hydrogen-bond acceptors (Lipinski definition) is 5. The van der Waals surface area contributed by atoms with Crippen LogP contribution >= 0.6 is 11.6 Å². The van der Waals surface area contributed by atoms with E-state index in [1.807, 2.05) is 6.07 Å². The van der Waals surface area contributed by atoms with Gasteiger partial charge >= 0.3 is 0 Å². The molecular weight excluding hydrogens is 342 g/mol. The molecule has 7 heteroatoms. The monoisotopic (exact) mass is 355 g/mol. The molecule has 0 saturated carbocycles. The van der Waals surface area contributed by atoms with Crippen LogP contribution in [0.15, 0.2) is 53.6 Å². The molecule has 0 amide bonds. The maximum Gasteiger partial charge on any atom is 0.261 e. The molecule has 0 saturated heterocycles. The van der Waals surface area contributed by atoms with Crippen LogP contribution in [-0.4, -0.2) is 27.4 Å². The van der Waals surface area contributed by atoms with Gasteiger partial charge in [0.1, 0.15) is 18.5 Å². The van der Waals surface area contributed by atoms with Crippen molar-refractivity contribution in [2.24, 2.45) is 0 Å². The summed E-state index contributed by atoms with van der Waals surface area (Å²) in [7, 11) is 0. The number of halogens is 1. The molecular formula is C18H14ClN3O3. The van der Waals surface area contributed by atoms with E-state index in [0.717, 1.165) is 0 Å². The molecule has 0 aliphatic carbocycles. The summed E-state index contributed by atoms with van der Waals surface area (Å²) in [6, 6.07) is 13.4. The van der Waals surface area contributed by atoms with Gasteiger partial charge in [-0.05, 0) is 42.5 Å². The zero-order valence-corrected chi connectivity index (χ0v) is 13.8. The van der Waals surface area contributed by atoms with Crippen LogP contribution in [0.4, 0.5) is 0 Å². The number of fused-ring (bicyclic) bond motifs is 1. The van der Waals surface area contributed by atoms with Crippen LogP contribution in [0, 0.1) is 11.3 Å². The van der Waals surface area contributed by atoms with Crippen molar-refractivity contribution in [1.29, 1.82) is 5.26 Å². The van der Waals surface area contributed by atoms with Crippen LogP contribution in [0.2, 0.25) is 5.02 Å². The second kappa shape index (κ2) is 7.34. The third-order valence-electron chi connectivity index (χ3n) is 3.62. The van der Waals surface area contributed by atoms with E-state index in [4.69, 9.17) is 21.6 Å². The third kappa shape index (κ3) is 3.97. The van der Waals surface area contributed by atoms with E-state index in [1.165, 1.54) is 10.9 Å². The van der Waals surface area contributed by atoms with Gasteiger partial charge in [0.15, 0.2) is 0 Å². The van der Waals surface area contributed by atoms with E-state index in [9.17, 15) is 9.90 Å². The molecule has 0 aliphatic heterocycles. The van der Waals surface area contributed by atoms with Crippen molar-refractivity contribution in [3.05, 3.63) is 69.7 Å². The van der Waals surface area contributed by atoms with Gasteiger partial charge in [0, 0.05) is 5.02 Å². The molecule has 6 nitrogen and oxygen atoms in total. The first-order valence-corrected chi connectivity index (χ1v) is 7.90. The molecule has 1 N–H and O–H groups in total. The summed E-state index contributed by atoms with van der Waals surface area (Å²) in [6.45, 7) is 0.0671. The molecule has 0 radical (unpaired) electrons. The van der Waals surface area contributed by atoms with Crippen molar-refractivity contribution in [1.82, 2.24) is 9.55 Å². The molecule has 0 aliphatic rings. The fraction of sp³-hybridized carbons (Fsp3) is 0.167. The number of aliphatic hydroxyl groups is 1. The quantitative estimate of drug-likeness (QED) is 0.759. The van der Waals surface area contributed by atoms with Crippen LogP contribution in [0.5, 0.6) is 5.75 Å². The number of aliphatic hydroxyl groups excluding tert-OH is 1. The highest BCUT2D eigenvalue weighted by molar-refractivity contribution is 6.31. The standard InChI is InChI=1S/C18H14ClN3O3/c19-13-3-6-16-17(7-13)21-11-22(18(16)24)9-14(23)10-25-15-4-1-12(8-20)2-5-15/h1-7,11,14,23H,9-10H2/t14-/m0/s1. The van der Waals surface area contributed by atoms with Crippen molar-refractivity contribution < 1.29 is 9.84 Å². The molecule has 0 fully saturated rings. The van der Waals surface area contributed by atoms with Crippen LogP contribution in [0.25, 0.3) is 10.9 Å². The van der Waals surface area contributed by atoms with E-state index < -0.39 is 6.10 Å². The highest BCUT2D eigenvalue weighted by Gasteiger charge is 2.10. The van der Waals surface area contributed by atoms with Crippen LogP contribution in [0.3, 0.4) is 0 Å². The van der Waals surface area contributed by atoms with E-state index in [0.29, 0.717) is 27.2 Å². The van der Waals surface area contributed by atoms with Crippen molar-refractivity contribution in [3.8, 4) is 11.8 Å². The van der Waals surface area contributed by atoms with Gasteiger partial charge in [-0.1, -0.05) is 11.6 Å². The molecule has 3 rings (SSSR count). The van der Waals surface area contributed by atoms with Gasteiger partial charge in [-0.25, -0.2) is 4.98 Å². The van der Waals surface area contributed by atoms with Gasteiger partial charge in [0.2, 0.25) is 0 Å². The Kier molecular flexibility index (Phi) is 4.98. The maximum atomic E-state index is 12.4. The summed E-state index contributed by atoms with van der Waals surface area (Å²) in [5.41, 5.74) is 0.790. The Labute approximate surface area is 148 Å². The molecule has 0 unspecified atom stereocenters. The van der Waals surface area contributed by atoms with E-state index in [-0.39, 0.29) is 18.7 Å². The predicted molar refractivity (Wildman–Crippen MR) is 93.7 cm³/mol. The number of ether oxygens (including phenoxy) is 1. The largest absolute Gasteiger partial charge is 0.491 e. The summed E-state index contributed by atoms with van der Waals surface area (Å²) in [5, 5.41) is 19.8. The number of hydrogen-bond donors (Lipinski definition) is 1. The van der Waals surface area contributed by atoms with Gasteiger partial charge in [-0.2, -0.15) is 5.26 Å². The summed E-state index contributed by atoms with van der Waals surface area (Å²) in [4.78, 5) is 16.6. The molecule has 1 atom stereocenters. The highest BCUT2D eigenvalue weighted by Crippen LogP contribution is 2.14. The summed E-state index contributed by atoms with van der Waals surface area (Å²) < 4.78 is 6.81. The van der Waals surface area contributed by atoms with Gasteiger partial charge in [-0.15, -0.1) is 0 Å². The summed E-state index contributed by atoms with van der Waals surface area (Å²) in [5.74, 6) is 0.539. The minimum Gasteiger partial charge on any atom is -0.491 e. The van der Waals surface area contributed by atoms with E-state index in [2.05, 4.69) is 4.98 Å². The van der Waals surface area contributed by atoms with Crippen molar-refractivity contribution in [2.75, 3.05) is 6.61 Å². The number of aromatic nitrogens is 2. The van der Waals surface area contributed by atoms with Crippen LogP contribution < -0.4 is 10.3 Å². The fourth-order valence-corrected chi connectivity index (χ4v) is 2.53. The minimum atomic E-state index is -0.889. The minimum absolute atomic E-state index is 0.0109. The first-order valence-electron chi connectivity index (χ1n) is 7.52. The Morgan fingerprint density at radius 1 is 1.28 bits per heavy atom. The van der Waals surface area contributed by atoms with Crippen LogP contribution in [-0.2, 0) is 6.54 Å². The Balaban J connectivity index is 1.68. The molecule has 1 heterocycles. The van der Waals surface area contributed by atoms with Crippen LogP contribution in [0.1, 0.15) is 5.56 Å². The molecule has 25 heavy (non-hydrogen) atoms. The first kappa shape index (κ1) is 17.0. The van der Waals surface area contributed by atoms with Gasteiger partial charge in [0.25, 0.3) is 5.56 Å². The molecule has 0 bridgehead atoms. The second-order valence-corrected chi connectivity index (χ2v) is 5.90. The highest BCUT2D eigenvalue weighted by atomic mass is 35.5. The fourth-order valence-electron chi connectivity index (χ4n) is 2.36. The summed E-state index contributed by atoms with van der Waals surface area (Å²) >= 11 is 5.89. The Morgan fingerprint density at radius 2 is 2.04 bits per heavy atom. The lowest BCUT2D eigenvalue weighted by Crippen LogP contribution is -2.30. The second-order valence-electron chi connectivity index (χ2n) is 5.46. The van der Waals surface area contributed by atoms with Crippen molar-refractivity contribution >= 4 is 22.5 Å². The SMILES string of the molecule is N#Cc1ccc(OC[C@@H](O)Cn2cnc3cc(Cl)ccc3c2=O)cc1. The normalized spacial score (nSPS) is 11.9. The molecule has 3 aromatic rings. The number of nitrogens with zero attached hydrogens (tertiary/aromatic N) is 3. The molecule has 2 aromatic carbocycles. The predicted octanol–water partition coefficient (Wildman–Crippen LogP) is 2.36. The zero-order chi connectivity index (χ0) is 17.8. The Hall–Kier alpha value is -2.88.